The minimum atomic E-state index is -1.18. The van der Waals surface area contributed by atoms with Crippen LogP contribution < -0.4 is 4.87 Å². The van der Waals surface area contributed by atoms with E-state index in [0.717, 1.165) is 33.1 Å². The third-order valence-electron chi connectivity index (χ3n) is 6.39. The normalized spacial score (nSPS) is 13.6. The van der Waals surface area contributed by atoms with E-state index in [0.29, 0.717) is 12.4 Å². The second-order valence-corrected chi connectivity index (χ2v) is 17.2. The van der Waals surface area contributed by atoms with E-state index in [4.69, 9.17) is 19.7 Å². The lowest BCUT2D eigenvalue weighted by molar-refractivity contribution is -0.144. The van der Waals surface area contributed by atoms with Gasteiger partial charge in [-0.2, -0.15) is 5.10 Å². The van der Waals surface area contributed by atoms with Gasteiger partial charge >= 0.3 is 10.8 Å². The number of nitrogens with zero attached hydrogens (tertiary/aromatic N) is 4. The zero-order chi connectivity index (χ0) is 27.4. The summed E-state index contributed by atoms with van der Waals surface area (Å²) in [7, 11) is -1.18. The molecule has 202 valence electrons. The second-order valence-electron chi connectivity index (χ2n) is 10.6. The van der Waals surface area contributed by atoms with Crippen LogP contribution in [0.1, 0.15) is 42.7 Å². The van der Waals surface area contributed by atoms with Gasteiger partial charge in [0.05, 0.1) is 22.0 Å². The zero-order valence-electron chi connectivity index (χ0n) is 22.4. The first kappa shape index (κ1) is 27.9. The highest BCUT2D eigenvalue weighted by Gasteiger charge is 2.17. The fourth-order valence-corrected chi connectivity index (χ4v) is 5.63. The second kappa shape index (κ2) is 11.7. The Labute approximate surface area is 226 Å². The Bertz CT molecular complexity index is 1450. The quantitative estimate of drug-likeness (QED) is 0.188. The van der Waals surface area contributed by atoms with Gasteiger partial charge in [0.1, 0.15) is 13.3 Å². The molecule has 0 aliphatic heterocycles. The number of carbonyl (C=O) groups is 1. The Balaban J connectivity index is 1.45. The van der Waals surface area contributed by atoms with Crippen LogP contribution in [0.2, 0.25) is 25.7 Å². The molecule has 0 fully saturated rings. The van der Waals surface area contributed by atoms with E-state index in [-0.39, 0.29) is 30.2 Å². The van der Waals surface area contributed by atoms with Crippen molar-refractivity contribution >= 4 is 35.6 Å². The van der Waals surface area contributed by atoms with Gasteiger partial charge in [0.15, 0.2) is 5.82 Å². The lowest BCUT2D eigenvalue weighted by Gasteiger charge is -2.15. The van der Waals surface area contributed by atoms with E-state index in [1.165, 1.54) is 11.3 Å². The van der Waals surface area contributed by atoms with Crippen molar-refractivity contribution in [1.29, 1.82) is 0 Å². The fraction of sp³-hybridized carbons (Fsp3) is 0.407. The lowest BCUT2D eigenvalue weighted by atomic mass is 9.98. The fourth-order valence-electron chi connectivity index (χ4n) is 3.94. The molecule has 0 bridgehead atoms. The Morgan fingerprint density at radius 3 is 2.58 bits per heavy atom. The lowest BCUT2D eigenvalue weighted by Crippen LogP contribution is -2.23. The van der Waals surface area contributed by atoms with Crippen LogP contribution in [0, 0.1) is 0 Å². The molecule has 38 heavy (non-hydrogen) atoms. The van der Waals surface area contributed by atoms with Gasteiger partial charge in [-0.3, -0.25) is 9.36 Å². The van der Waals surface area contributed by atoms with Crippen molar-refractivity contribution in [2.45, 2.75) is 58.3 Å². The number of thiazole rings is 1. The van der Waals surface area contributed by atoms with Crippen LogP contribution in [-0.2, 0) is 21.0 Å². The number of carboxylic acid groups (broad SMARTS) is 1. The molecule has 0 saturated heterocycles. The Morgan fingerprint density at radius 2 is 1.89 bits per heavy atom. The van der Waals surface area contributed by atoms with E-state index in [2.05, 4.69) is 37.6 Å². The molecule has 3 aromatic heterocycles. The molecular weight excluding hydrogens is 520 g/mol. The van der Waals surface area contributed by atoms with Crippen molar-refractivity contribution < 1.29 is 19.4 Å². The van der Waals surface area contributed by atoms with Crippen LogP contribution in [0.4, 0.5) is 0 Å². The van der Waals surface area contributed by atoms with Gasteiger partial charge in [0.25, 0.3) is 0 Å². The van der Waals surface area contributed by atoms with Crippen molar-refractivity contribution in [3.8, 4) is 5.82 Å². The summed E-state index contributed by atoms with van der Waals surface area (Å²) in [5.74, 6) is -0.340. The first-order chi connectivity index (χ1) is 18.0. The smallest absolute Gasteiger partial charge is 0.329 e. The minimum absolute atomic E-state index is 0.0146. The number of rotatable bonds is 12. The van der Waals surface area contributed by atoms with Crippen molar-refractivity contribution in [1.82, 2.24) is 19.3 Å². The molecule has 9 nitrogen and oxygen atoms in total. The van der Waals surface area contributed by atoms with E-state index < -0.39 is 14.0 Å². The highest BCUT2D eigenvalue weighted by molar-refractivity contribution is 7.16. The van der Waals surface area contributed by atoms with Crippen molar-refractivity contribution in [3.63, 3.8) is 0 Å². The maximum atomic E-state index is 12.6. The van der Waals surface area contributed by atoms with E-state index in [9.17, 15) is 9.59 Å². The van der Waals surface area contributed by atoms with Gasteiger partial charge in [0.2, 0.25) is 0 Å². The van der Waals surface area contributed by atoms with Crippen LogP contribution in [0.25, 0.3) is 16.0 Å². The number of aromatic nitrogens is 4. The first-order valence-electron chi connectivity index (χ1n) is 12.6. The molecule has 0 spiro atoms. The first-order valence-corrected chi connectivity index (χ1v) is 17.1. The summed E-state index contributed by atoms with van der Waals surface area (Å²) in [6, 6.07) is 12.8. The summed E-state index contributed by atoms with van der Waals surface area (Å²) in [5, 5.41) is 13.5. The molecule has 4 aromatic rings. The topological polar surface area (TPSA) is 108 Å². The molecule has 0 radical (unpaired) electrons. The highest BCUT2D eigenvalue weighted by atomic mass is 32.1. The molecule has 0 aliphatic rings. The summed E-state index contributed by atoms with van der Waals surface area (Å²) in [6.45, 7) is 11.4. The van der Waals surface area contributed by atoms with Gasteiger partial charge in [-0.1, -0.05) is 50.0 Å². The van der Waals surface area contributed by atoms with Gasteiger partial charge in [-0.15, -0.1) is 0 Å². The highest BCUT2D eigenvalue weighted by Crippen LogP contribution is 2.28. The van der Waals surface area contributed by atoms with Crippen LogP contribution in [0.15, 0.2) is 53.6 Å². The van der Waals surface area contributed by atoms with Gasteiger partial charge in [-0.25, -0.2) is 14.5 Å². The van der Waals surface area contributed by atoms with Crippen LogP contribution in [-0.4, -0.2) is 51.7 Å². The third-order valence-corrected chi connectivity index (χ3v) is 9.04. The number of fused-ring (bicyclic) bond motifs is 1. The monoisotopic (exact) mass is 554 g/mol. The largest absolute Gasteiger partial charge is 0.480 e. The summed E-state index contributed by atoms with van der Waals surface area (Å²) in [5.41, 5.74) is 3.63. The van der Waals surface area contributed by atoms with Crippen LogP contribution >= 0.6 is 11.3 Å². The zero-order valence-corrected chi connectivity index (χ0v) is 24.2. The number of hydrogen-bond donors (Lipinski definition) is 1. The Kier molecular flexibility index (Phi) is 8.61. The molecule has 3 heterocycles. The van der Waals surface area contributed by atoms with Crippen LogP contribution in [0.5, 0.6) is 0 Å². The molecule has 2 unspecified atom stereocenters. The average molecular weight is 555 g/mol. The van der Waals surface area contributed by atoms with E-state index >= 15 is 0 Å². The Morgan fingerprint density at radius 1 is 1.13 bits per heavy atom. The number of aliphatic carboxylic acids is 1. The molecule has 0 aliphatic carbocycles. The minimum Gasteiger partial charge on any atom is -0.480 e. The summed E-state index contributed by atoms with van der Waals surface area (Å²) >= 11 is 1.24. The summed E-state index contributed by atoms with van der Waals surface area (Å²) in [4.78, 5) is 27.8. The number of pyridine rings is 1. The van der Waals surface area contributed by atoms with Gasteiger partial charge in [0, 0.05) is 33.0 Å². The number of ether oxygens (including phenoxy) is 2. The molecule has 2 atom stereocenters. The number of hydrogen-bond acceptors (Lipinski definition) is 7. The predicted octanol–water partition coefficient (Wildman–Crippen LogP) is 5.27. The van der Waals surface area contributed by atoms with Gasteiger partial charge in [-0.05, 0) is 48.4 Å². The molecule has 0 amide bonds. The van der Waals surface area contributed by atoms with Crippen molar-refractivity contribution in [2.75, 3.05) is 13.2 Å². The third kappa shape index (κ3) is 6.84. The van der Waals surface area contributed by atoms with Crippen molar-refractivity contribution in [2.24, 2.45) is 0 Å². The molecule has 1 aromatic carbocycles. The molecule has 1 N–H and O–H groups in total. The number of carboxylic acids is 1. The maximum absolute atomic E-state index is 12.6. The van der Waals surface area contributed by atoms with Gasteiger partial charge < -0.3 is 14.6 Å². The van der Waals surface area contributed by atoms with Crippen molar-refractivity contribution in [3.05, 3.63) is 75.3 Å². The SMILES string of the molecule is CC(OCC(=O)O)c1ccc(-n2ccc(C(C)c3ccc4c(c3)sc(=O)n4COCC[Si](C)(C)C)n2)nc1. The summed E-state index contributed by atoms with van der Waals surface area (Å²) in [6.07, 6.45) is 3.16. The predicted molar refractivity (Wildman–Crippen MR) is 151 cm³/mol. The number of benzene rings is 1. The molecular formula is C27H34N4O5SSi. The molecule has 4 rings (SSSR count). The Hall–Kier alpha value is -3.12. The van der Waals surface area contributed by atoms with Crippen LogP contribution in [0.3, 0.4) is 0 Å². The summed E-state index contributed by atoms with van der Waals surface area (Å²) < 4.78 is 15.5. The average Bonchev–Trinajstić information content (AvgIpc) is 3.48. The molecule has 0 saturated carbocycles. The van der Waals surface area contributed by atoms with E-state index in [1.54, 1.807) is 22.4 Å². The standard InChI is InChI=1S/C27H34N4O5SSi/c1-18(20-6-8-23-24(14-20)37-27(34)30(23)17-35-12-13-38(3,4)5)22-10-11-31(29-22)25-9-7-21(15-28-25)19(2)36-16-26(32)33/h6-11,14-15,18-19H,12-13,16-17H2,1-5H3,(H,32,33). The van der Waals surface area contributed by atoms with E-state index in [1.807, 2.05) is 36.5 Å². The maximum Gasteiger partial charge on any atom is 0.329 e. The molecule has 11 heteroatoms.